The number of benzene rings is 5. The van der Waals surface area contributed by atoms with Crippen molar-refractivity contribution in [2.24, 2.45) is 10.2 Å². The Morgan fingerprint density at radius 1 is 0.810 bits per heavy atom. The molecule has 0 atom stereocenters. The topological polar surface area (TPSA) is 123 Å². The molecule has 0 aliphatic rings. The zero-order valence-electron chi connectivity index (χ0n) is 23.2. The van der Waals surface area contributed by atoms with Crippen LogP contribution in [0.1, 0.15) is 15.9 Å². The lowest BCUT2D eigenvalue weighted by molar-refractivity contribution is 0.102. The number of sulfonamides is 1. The summed E-state index contributed by atoms with van der Waals surface area (Å²) in [4.78, 5) is 15.4. The molecule has 0 aliphatic heterocycles. The Morgan fingerprint density at radius 3 is 2.14 bits per heavy atom. The maximum atomic E-state index is 13.3. The van der Waals surface area contributed by atoms with Gasteiger partial charge in [-0.1, -0.05) is 54.1 Å². The maximum Gasteiger partial charge on any atom is 0.261 e. The molecular formula is C32H29N5O4S. The minimum absolute atomic E-state index is 0.0528. The van der Waals surface area contributed by atoms with Crippen LogP contribution in [-0.4, -0.2) is 33.5 Å². The molecule has 42 heavy (non-hydrogen) atoms. The van der Waals surface area contributed by atoms with Crippen molar-refractivity contribution < 1.29 is 18.3 Å². The zero-order valence-corrected chi connectivity index (χ0v) is 24.1. The van der Waals surface area contributed by atoms with Crippen LogP contribution in [0.5, 0.6) is 5.75 Å². The average molecular weight is 580 g/mol. The van der Waals surface area contributed by atoms with E-state index in [4.69, 9.17) is 0 Å². The van der Waals surface area contributed by atoms with Crippen molar-refractivity contribution in [2.45, 2.75) is 11.8 Å². The second-order valence-electron chi connectivity index (χ2n) is 9.87. The summed E-state index contributed by atoms with van der Waals surface area (Å²) in [5.41, 5.74) is 3.66. The second kappa shape index (κ2) is 11.7. The van der Waals surface area contributed by atoms with E-state index in [2.05, 4.69) is 20.3 Å². The molecule has 10 heteroatoms. The average Bonchev–Trinajstić information content (AvgIpc) is 2.98. The van der Waals surface area contributed by atoms with Crippen molar-refractivity contribution in [3.05, 3.63) is 114 Å². The predicted molar refractivity (Wildman–Crippen MR) is 167 cm³/mol. The van der Waals surface area contributed by atoms with Crippen molar-refractivity contribution in [3.63, 3.8) is 0 Å². The normalized spacial score (nSPS) is 11.5. The number of aryl methyl sites for hydroxylation is 1. The minimum atomic E-state index is -3.74. The largest absolute Gasteiger partial charge is 0.506 e. The third-order valence-electron chi connectivity index (χ3n) is 6.60. The third-order valence-corrected chi connectivity index (χ3v) is 7.99. The fourth-order valence-electron chi connectivity index (χ4n) is 4.39. The Morgan fingerprint density at radius 2 is 1.45 bits per heavy atom. The number of azo groups is 1. The van der Waals surface area contributed by atoms with Gasteiger partial charge in [0.15, 0.2) is 0 Å². The molecule has 0 aromatic heterocycles. The number of aromatic hydroxyl groups is 1. The van der Waals surface area contributed by atoms with Gasteiger partial charge in [0.1, 0.15) is 5.75 Å². The van der Waals surface area contributed by atoms with Gasteiger partial charge in [-0.25, -0.2) is 8.42 Å². The van der Waals surface area contributed by atoms with E-state index in [1.54, 1.807) is 72.8 Å². The smallest absolute Gasteiger partial charge is 0.261 e. The minimum Gasteiger partial charge on any atom is -0.506 e. The Hall–Kier alpha value is -5.22. The number of phenolic OH excluding ortho intramolecular Hbond substituents is 1. The summed E-state index contributed by atoms with van der Waals surface area (Å²) >= 11 is 0. The molecular weight excluding hydrogens is 550 g/mol. The van der Waals surface area contributed by atoms with E-state index >= 15 is 0 Å². The van der Waals surface area contributed by atoms with Crippen LogP contribution >= 0.6 is 0 Å². The summed E-state index contributed by atoms with van der Waals surface area (Å²) in [7, 11) is 0.0170. The summed E-state index contributed by atoms with van der Waals surface area (Å²) in [5.74, 6) is -0.649. The standard InChI is InChI=1S/C32H29N5O4S/c1-21-12-18-24(19-13-21)42(40,41)36-23-16-14-22(15-17-23)34-35-29-20-27(31(38)26-9-5-4-8-25(26)29)32(39)33-28-10-6-7-11-30(28)37(2)3/h4-20,36,38H,1-3H3,(H,33,39). The van der Waals surface area contributed by atoms with Gasteiger partial charge in [-0.2, -0.15) is 5.11 Å². The number of rotatable bonds is 8. The van der Waals surface area contributed by atoms with E-state index in [0.717, 1.165) is 11.3 Å². The molecule has 9 nitrogen and oxygen atoms in total. The summed E-state index contributed by atoms with van der Waals surface area (Å²) < 4.78 is 28.0. The highest BCUT2D eigenvalue weighted by Crippen LogP contribution is 2.38. The first-order valence-electron chi connectivity index (χ1n) is 13.1. The van der Waals surface area contributed by atoms with E-state index in [-0.39, 0.29) is 16.2 Å². The van der Waals surface area contributed by atoms with Crippen molar-refractivity contribution in [1.29, 1.82) is 0 Å². The predicted octanol–water partition coefficient (Wildman–Crippen LogP) is 7.39. The number of fused-ring (bicyclic) bond motifs is 1. The van der Waals surface area contributed by atoms with Crippen molar-refractivity contribution >= 4 is 55.1 Å². The van der Waals surface area contributed by atoms with Gasteiger partial charge in [0.2, 0.25) is 0 Å². The van der Waals surface area contributed by atoms with Crippen LogP contribution in [0, 0.1) is 6.92 Å². The SMILES string of the molecule is Cc1ccc(S(=O)(=O)Nc2ccc(N=Nc3cc(C(=O)Nc4ccccc4N(C)C)c(O)c4ccccc34)cc2)cc1. The molecule has 0 saturated heterocycles. The molecule has 0 saturated carbocycles. The maximum absolute atomic E-state index is 13.3. The number of para-hydroxylation sites is 2. The molecule has 5 rings (SSSR count). The van der Waals surface area contributed by atoms with Crippen molar-refractivity contribution in [2.75, 3.05) is 29.0 Å². The molecule has 0 heterocycles. The number of amides is 1. The molecule has 0 bridgehead atoms. The molecule has 5 aromatic carbocycles. The lowest BCUT2D eigenvalue weighted by Crippen LogP contribution is -2.16. The summed E-state index contributed by atoms with van der Waals surface area (Å²) in [6, 6.07) is 29.0. The molecule has 3 N–H and O–H groups in total. The molecule has 1 amide bonds. The van der Waals surface area contributed by atoms with Gasteiger partial charge >= 0.3 is 0 Å². The Bertz CT molecular complexity index is 1900. The highest BCUT2D eigenvalue weighted by molar-refractivity contribution is 7.92. The number of nitrogens with zero attached hydrogens (tertiary/aromatic N) is 3. The third kappa shape index (κ3) is 6.08. The van der Waals surface area contributed by atoms with Crippen molar-refractivity contribution in [3.8, 4) is 5.75 Å². The van der Waals surface area contributed by atoms with Crippen LogP contribution in [0.4, 0.5) is 28.4 Å². The van der Waals surface area contributed by atoms with Gasteiger partial charge in [-0.3, -0.25) is 9.52 Å². The quantitative estimate of drug-likeness (QED) is 0.165. The van der Waals surface area contributed by atoms with Crippen LogP contribution in [0.25, 0.3) is 10.8 Å². The number of nitrogens with one attached hydrogen (secondary N) is 2. The first kappa shape index (κ1) is 28.3. The van der Waals surface area contributed by atoms with E-state index in [1.807, 2.05) is 50.2 Å². The van der Waals surface area contributed by atoms with Gasteiger partial charge in [0.05, 0.1) is 33.2 Å². The number of hydrogen-bond acceptors (Lipinski definition) is 7. The number of hydrogen-bond donors (Lipinski definition) is 3. The second-order valence-corrected chi connectivity index (χ2v) is 11.6. The molecule has 212 valence electrons. The van der Waals surface area contributed by atoms with Gasteiger partial charge in [-0.05, 0) is 61.5 Å². The van der Waals surface area contributed by atoms with Gasteiger partial charge in [0, 0.05) is 30.6 Å². The molecule has 0 radical (unpaired) electrons. The van der Waals surface area contributed by atoms with Crippen LogP contribution in [-0.2, 0) is 10.0 Å². The van der Waals surface area contributed by atoms with E-state index in [0.29, 0.717) is 33.5 Å². The lowest BCUT2D eigenvalue weighted by atomic mass is 10.0. The van der Waals surface area contributed by atoms with Crippen LogP contribution in [0.3, 0.4) is 0 Å². The molecule has 5 aromatic rings. The Balaban J connectivity index is 1.41. The molecule has 0 fully saturated rings. The highest BCUT2D eigenvalue weighted by Gasteiger charge is 2.19. The van der Waals surface area contributed by atoms with E-state index in [1.165, 1.54) is 6.07 Å². The first-order valence-corrected chi connectivity index (χ1v) is 14.5. The number of anilines is 3. The fraction of sp³-hybridized carbons (Fsp3) is 0.0938. The Kier molecular flexibility index (Phi) is 7.90. The lowest BCUT2D eigenvalue weighted by Gasteiger charge is -2.18. The Labute approximate surface area is 244 Å². The van der Waals surface area contributed by atoms with Crippen LogP contribution < -0.4 is 14.9 Å². The number of carbonyl (C=O) groups excluding carboxylic acids is 1. The van der Waals surface area contributed by atoms with Crippen molar-refractivity contribution in [1.82, 2.24) is 0 Å². The van der Waals surface area contributed by atoms with E-state index < -0.39 is 15.9 Å². The monoisotopic (exact) mass is 579 g/mol. The van der Waals surface area contributed by atoms with Crippen LogP contribution in [0.2, 0.25) is 0 Å². The van der Waals surface area contributed by atoms with Gasteiger partial charge < -0.3 is 15.3 Å². The fourth-order valence-corrected chi connectivity index (χ4v) is 5.45. The summed E-state index contributed by atoms with van der Waals surface area (Å²) in [5, 5.41) is 23.7. The molecule has 0 unspecified atom stereocenters. The number of carbonyl (C=O) groups is 1. The van der Waals surface area contributed by atoms with Gasteiger partial charge in [-0.15, -0.1) is 5.11 Å². The first-order chi connectivity index (χ1) is 20.1. The highest BCUT2D eigenvalue weighted by atomic mass is 32.2. The summed E-state index contributed by atoms with van der Waals surface area (Å²) in [6.45, 7) is 1.89. The van der Waals surface area contributed by atoms with E-state index in [9.17, 15) is 18.3 Å². The molecule has 0 spiro atoms. The molecule has 0 aliphatic carbocycles. The number of phenols is 1. The van der Waals surface area contributed by atoms with Crippen LogP contribution in [0.15, 0.2) is 118 Å². The van der Waals surface area contributed by atoms with Gasteiger partial charge in [0.25, 0.3) is 15.9 Å². The summed E-state index contributed by atoms with van der Waals surface area (Å²) in [6.07, 6.45) is 0. The zero-order chi connectivity index (χ0) is 29.9.